The quantitative estimate of drug-likeness (QED) is 0.326. The van der Waals surface area contributed by atoms with Gasteiger partial charge < -0.3 is 18.9 Å². The lowest BCUT2D eigenvalue weighted by atomic mass is 10.0. The highest BCUT2D eigenvalue weighted by molar-refractivity contribution is 6.11. The van der Waals surface area contributed by atoms with Gasteiger partial charge in [0.25, 0.3) is 5.91 Å². The second kappa shape index (κ2) is 7.98. The third-order valence-corrected chi connectivity index (χ3v) is 5.67. The average Bonchev–Trinajstić information content (AvgIpc) is 3.40. The van der Waals surface area contributed by atoms with E-state index in [2.05, 4.69) is 5.32 Å². The van der Waals surface area contributed by atoms with Crippen LogP contribution in [0.1, 0.15) is 37.8 Å². The van der Waals surface area contributed by atoms with E-state index in [0.29, 0.717) is 33.9 Å². The summed E-state index contributed by atoms with van der Waals surface area (Å²) in [7, 11) is 1.55. The predicted octanol–water partition coefficient (Wildman–Crippen LogP) is 6.29. The van der Waals surface area contributed by atoms with Gasteiger partial charge in [-0.2, -0.15) is 0 Å². The van der Waals surface area contributed by atoms with Crippen molar-refractivity contribution >= 4 is 39.3 Å². The van der Waals surface area contributed by atoms with Crippen molar-refractivity contribution in [2.45, 2.75) is 13.8 Å². The number of carbonyl (C=O) groups excluding carboxylic acids is 2. The molecule has 0 unspecified atom stereocenters. The van der Waals surface area contributed by atoms with E-state index in [1.54, 1.807) is 49.6 Å². The number of benzene rings is 3. The molecule has 1 N–H and O–H groups in total. The normalized spacial score (nSPS) is 11.1. The Hall–Kier alpha value is -4.32. The number of para-hydroxylation sites is 1. The molecule has 0 saturated heterocycles. The first-order valence-electron chi connectivity index (χ1n) is 10.5. The molecule has 0 aliphatic carbocycles. The summed E-state index contributed by atoms with van der Waals surface area (Å²) < 4.78 is 16.9. The molecule has 0 bridgehead atoms. The van der Waals surface area contributed by atoms with Crippen molar-refractivity contribution in [1.29, 1.82) is 0 Å². The summed E-state index contributed by atoms with van der Waals surface area (Å²) in [5.41, 5.74) is 4.03. The van der Waals surface area contributed by atoms with Gasteiger partial charge in [-0.15, -0.1) is 0 Å². The van der Waals surface area contributed by atoms with E-state index in [1.165, 1.54) is 0 Å². The number of hydrogen-bond acceptors (Lipinski definition) is 5. The number of nitrogens with one attached hydrogen (secondary N) is 1. The van der Waals surface area contributed by atoms with E-state index in [4.69, 9.17) is 13.6 Å². The highest BCUT2D eigenvalue weighted by Crippen LogP contribution is 2.31. The van der Waals surface area contributed by atoms with Gasteiger partial charge in [0.2, 0.25) is 5.78 Å². The van der Waals surface area contributed by atoms with Crippen LogP contribution in [0.5, 0.6) is 5.75 Å². The number of furan rings is 2. The van der Waals surface area contributed by atoms with Gasteiger partial charge in [0.15, 0.2) is 22.9 Å². The molecule has 2 heterocycles. The molecule has 0 fully saturated rings. The highest BCUT2D eigenvalue weighted by atomic mass is 16.5. The molecule has 0 saturated carbocycles. The van der Waals surface area contributed by atoms with E-state index in [9.17, 15) is 9.59 Å². The van der Waals surface area contributed by atoms with Gasteiger partial charge in [0, 0.05) is 27.6 Å². The smallest absolute Gasteiger partial charge is 0.291 e. The Morgan fingerprint density at radius 2 is 1.70 bits per heavy atom. The van der Waals surface area contributed by atoms with E-state index >= 15 is 0 Å². The van der Waals surface area contributed by atoms with Crippen molar-refractivity contribution in [2.24, 2.45) is 0 Å². The lowest BCUT2D eigenvalue weighted by Gasteiger charge is -2.03. The monoisotopic (exact) mass is 439 g/mol. The standard InChI is InChI=1S/C27H21NO5/c1-15-7-9-17(10-8-15)24(29)25-16(2)20-14-19(11-12-21(20)32-25)28-27(30)23-13-18-5-4-6-22(31-3)26(18)33-23/h4-14H,1-3H3,(H,28,30). The van der Waals surface area contributed by atoms with E-state index in [-0.39, 0.29) is 17.5 Å². The molecule has 33 heavy (non-hydrogen) atoms. The maximum atomic E-state index is 12.9. The van der Waals surface area contributed by atoms with Crippen molar-refractivity contribution in [1.82, 2.24) is 0 Å². The maximum absolute atomic E-state index is 12.9. The third kappa shape index (κ3) is 3.65. The van der Waals surface area contributed by atoms with E-state index in [0.717, 1.165) is 21.9 Å². The van der Waals surface area contributed by atoms with Crippen LogP contribution in [0.2, 0.25) is 0 Å². The second-order valence-corrected chi connectivity index (χ2v) is 7.91. The summed E-state index contributed by atoms with van der Waals surface area (Å²) in [6.45, 7) is 3.81. The van der Waals surface area contributed by atoms with Crippen LogP contribution in [-0.4, -0.2) is 18.8 Å². The maximum Gasteiger partial charge on any atom is 0.291 e. The Balaban J connectivity index is 1.44. The molecule has 0 aliphatic rings. The van der Waals surface area contributed by atoms with Crippen LogP contribution in [-0.2, 0) is 0 Å². The number of anilines is 1. The number of carbonyl (C=O) groups is 2. The number of fused-ring (bicyclic) bond motifs is 2. The molecule has 164 valence electrons. The molecule has 6 heteroatoms. The largest absolute Gasteiger partial charge is 0.493 e. The van der Waals surface area contributed by atoms with E-state index in [1.807, 2.05) is 38.1 Å². The predicted molar refractivity (Wildman–Crippen MR) is 126 cm³/mol. The minimum atomic E-state index is -0.385. The van der Waals surface area contributed by atoms with Crippen molar-refractivity contribution < 1.29 is 23.2 Å². The Bertz CT molecular complexity index is 1520. The van der Waals surface area contributed by atoms with Crippen molar-refractivity contribution in [3.63, 3.8) is 0 Å². The lowest BCUT2D eigenvalue weighted by molar-refractivity contribution is 0.0995. The molecule has 0 spiro atoms. The molecule has 0 atom stereocenters. The Labute approximate surface area is 189 Å². The zero-order chi connectivity index (χ0) is 23.1. The first-order chi connectivity index (χ1) is 15.9. The molecular weight excluding hydrogens is 418 g/mol. The fourth-order valence-electron chi connectivity index (χ4n) is 3.85. The first-order valence-corrected chi connectivity index (χ1v) is 10.5. The minimum absolute atomic E-state index is 0.175. The topological polar surface area (TPSA) is 81.7 Å². The van der Waals surface area contributed by atoms with Crippen molar-refractivity contribution in [3.8, 4) is 5.75 Å². The van der Waals surface area contributed by atoms with Crippen LogP contribution in [0.3, 0.4) is 0 Å². The lowest BCUT2D eigenvalue weighted by Crippen LogP contribution is -2.10. The number of aryl methyl sites for hydroxylation is 2. The molecule has 2 aromatic heterocycles. The summed E-state index contributed by atoms with van der Waals surface area (Å²) in [5, 5.41) is 4.39. The number of hydrogen-bond donors (Lipinski definition) is 1. The number of ether oxygens (including phenoxy) is 1. The Kier molecular flexibility index (Phi) is 4.98. The fraction of sp³-hybridized carbons (Fsp3) is 0.111. The summed E-state index contributed by atoms with van der Waals surface area (Å²) in [6, 6.07) is 19.8. The Morgan fingerprint density at radius 1 is 0.909 bits per heavy atom. The molecule has 3 aromatic carbocycles. The summed E-state index contributed by atoms with van der Waals surface area (Å²) in [4.78, 5) is 25.8. The summed E-state index contributed by atoms with van der Waals surface area (Å²) in [5.74, 6) is 0.471. The SMILES string of the molecule is COc1cccc2cc(C(=O)Nc3ccc4oc(C(=O)c5ccc(C)cc5)c(C)c4c3)oc12. The van der Waals surface area contributed by atoms with Crippen LogP contribution in [0.25, 0.3) is 21.9 Å². The second-order valence-electron chi connectivity index (χ2n) is 7.91. The highest BCUT2D eigenvalue weighted by Gasteiger charge is 2.20. The summed E-state index contributed by atoms with van der Waals surface area (Å²) >= 11 is 0. The number of rotatable bonds is 5. The fourth-order valence-corrected chi connectivity index (χ4v) is 3.85. The van der Waals surface area contributed by atoms with Gasteiger partial charge in [-0.1, -0.05) is 42.0 Å². The molecular formula is C27H21NO5. The van der Waals surface area contributed by atoms with Crippen LogP contribution >= 0.6 is 0 Å². The van der Waals surface area contributed by atoms with Gasteiger partial charge in [-0.3, -0.25) is 9.59 Å². The zero-order valence-corrected chi connectivity index (χ0v) is 18.4. The number of methoxy groups -OCH3 is 1. The average molecular weight is 439 g/mol. The molecule has 1 amide bonds. The minimum Gasteiger partial charge on any atom is -0.493 e. The van der Waals surface area contributed by atoms with Crippen LogP contribution in [0.4, 0.5) is 5.69 Å². The first kappa shape index (κ1) is 20.6. The molecule has 0 aliphatic heterocycles. The van der Waals surface area contributed by atoms with Gasteiger partial charge >= 0.3 is 0 Å². The number of ketones is 1. The van der Waals surface area contributed by atoms with Gasteiger partial charge in [0.1, 0.15) is 5.58 Å². The van der Waals surface area contributed by atoms with Gasteiger partial charge in [-0.25, -0.2) is 0 Å². The molecule has 6 nitrogen and oxygen atoms in total. The molecule has 5 aromatic rings. The van der Waals surface area contributed by atoms with Crippen molar-refractivity contribution in [2.75, 3.05) is 12.4 Å². The Morgan fingerprint density at radius 3 is 2.45 bits per heavy atom. The third-order valence-electron chi connectivity index (χ3n) is 5.67. The molecule has 5 rings (SSSR count). The van der Waals surface area contributed by atoms with Crippen molar-refractivity contribution in [3.05, 3.63) is 94.9 Å². The van der Waals surface area contributed by atoms with Gasteiger partial charge in [0.05, 0.1) is 7.11 Å². The van der Waals surface area contributed by atoms with E-state index < -0.39 is 0 Å². The van der Waals surface area contributed by atoms with Gasteiger partial charge in [-0.05, 0) is 44.2 Å². The zero-order valence-electron chi connectivity index (χ0n) is 18.4. The number of amides is 1. The summed E-state index contributed by atoms with van der Waals surface area (Å²) in [6.07, 6.45) is 0. The van der Waals surface area contributed by atoms with Crippen LogP contribution in [0.15, 0.2) is 75.6 Å². The molecule has 0 radical (unpaired) electrons. The van der Waals surface area contributed by atoms with Crippen LogP contribution in [0, 0.1) is 13.8 Å². The van der Waals surface area contributed by atoms with Crippen LogP contribution < -0.4 is 10.1 Å².